The van der Waals surface area contributed by atoms with Gasteiger partial charge in [-0.3, -0.25) is 14.2 Å². The van der Waals surface area contributed by atoms with Crippen molar-refractivity contribution in [1.82, 2.24) is 4.57 Å². The summed E-state index contributed by atoms with van der Waals surface area (Å²) < 4.78 is 80.0. The van der Waals surface area contributed by atoms with Crippen molar-refractivity contribution in [2.75, 3.05) is 7.11 Å². The fraction of sp³-hybridized carbons (Fsp3) is 0.179. The lowest BCUT2D eigenvalue weighted by Crippen LogP contribution is -2.29. The number of benzene rings is 2. The van der Waals surface area contributed by atoms with Crippen LogP contribution in [0.15, 0.2) is 70.1 Å². The van der Waals surface area contributed by atoms with E-state index in [1.165, 1.54) is 25.5 Å². The number of carbonyl (C=O) groups excluding carboxylic acids is 1. The summed E-state index contributed by atoms with van der Waals surface area (Å²) in [5.41, 5.74) is -2.51. The first-order chi connectivity index (χ1) is 18.5. The number of furan rings is 1. The first-order valence-electron chi connectivity index (χ1n) is 11.5. The normalized spacial score (nSPS) is 11.3. The molecular formula is C28H19F5N2O4. The van der Waals surface area contributed by atoms with E-state index in [1.807, 2.05) is 0 Å². The minimum Gasteiger partial charge on any atom is -0.469 e. The Bertz CT molecular complexity index is 1630. The number of aromatic nitrogens is 1. The van der Waals surface area contributed by atoms with Crippen molar-refractivity contribution >= 4 is 5.97 Å². The number of halogens is 5. The standard InChI is InChI=1S/C28H19F5N2O4/c1-38-26(36)9-4-16-2-5-17(6-3-16)19-10-25(39-15-19)24-12-22(28(31,32)33)21(13-34)27(37)35(24)14-18-7-8-20(29)11-23(18)30/h2-3,5-8,10-12,15H,4,9,14H2,1H3. The summed E-state index contributed by atoms with van der Waals surface area (Å²) in [5, 5.41) is 9.33. The zero-order valence-corrected chi connectivity index (χ0v) is 20.3. The molecule has 200 valence electrons. The van der Waals surface area contributed by atoms with Crippen LogP contribution in [0.25, 0.3) is 22.6 Å². The van der Waals surface area contributed by atoms with E-state index in [9.17, 15) is 36.8 Å². The third kappa shape index (κ3) is 5.90. The van der Waals surface area contributed by atoms with E-state index < -0.39 is 41.0 Å². The van der Waals surface area contributed by atoms with E-state index in [2.05, 4.69) is 4.74 Å². The molecule has 2 aromatic heterocycles. The van der Waals surface area contributed by atoms with Crippen LogP contribution in [-0.4, -0.2) is 17.6 Å². The van der Waals surface area contributed by atoms with Crippen LogP contribution in [0.5, 0.6) is 0 Å². The van der Waals surface area contributed by atoms with E-state index in [4.69, 9.17) is 4.42 Å². The average molecular weight is 542 g/mol. The minimum absolute atomic E-state index is 0.144. The van der Waals surface area contributed by atoms with Gasteiger partial charge >= 0.3 is 12.1 Å². The van der Waals surface area contributed by atoms with Crippen molar-refractivity contribution in [3.63, 3.8) is 0 Å². The molecule has 0 bridgehead atoms. The summed E-state index contributed by atoms with van der Waals surface area (Å²) in [6.07, 6.45) is -3.12. The van der Waals surface area contributed by atoms with Gasteiger partial charge in [0.25, 0.3) is 5.56 Å². The molecule has 0 N–H and O–H groups in total. The van der Waals surface area contributed by atoms with Crippen LogP contribution in [-0.2, 0) is 28.7 Å². The molecule has 0 aliphatic carbocycles. The largest absolute Gasteiger partial charge is 0.469 e. The molecule has 6 nitrogen and oxygen atoms in total. The van der Waals surface area contributed by atoms with Gasteiger partial charge in [0, 0.05) is 23.6 Å². The first kappa shape index (κ1) is 27.3. The van der Waals surface area contributed by atoms with Crippen molar-refractivity contribution in [3.8, 4) is 28.7 Å². The van der Waals surface area contributed by atoms with Crippen LogP contribution in [0.2, 0.25) is 0 Å². The molecule has 0 aliphatic heterocycles. The summed E-state index contributed by atoms with van der Waals surface area (Å²) in [7, 11) is 1.29. The number of nitriles is 1. The van der Waals surface area contributed by atoms with Gasteiger partial charge < -0.3 is 9.15 Å². The second kappa shape index (κ2) is 10.9. The Balaban J connectivity index is 1.78. The molecule has 0 radical (unpaired) electrons. The molecule has 2 heterocycles. The van der Waals surface area contributed by atoms with Gasteiger partial charge in [0.15, 0.2) is 5.76 Å². The van der Waals surface area contributed by atoms with Crippen LogP contribution < -0.4 is 5.56 Å². The Morgan fingerprint density at radius 3 is 2.38 bits per heavy atom. The molecule has 39 heavy (non-hydrogen) atoms. The molecule has 4 rings (SSSR count). The molecule has 0 amide bonds. The highest BCUT2D eigenvalue weighted by molar-refractivity contribution is 5.71. The number of hydrogen-bond acceptors (Lipinski definition) is 5. The summed E-state index contributed by atoms with van der Waals surface area (Å²) >= 11 is 0. The molecule has 0 saturated heterocycles. The first-order valence-corrected chi connectivity index (χ1v) is 11.5. The number of esters is 1. The van der Waals surface area contributed by atoms with Gasteiger partial charge in [-0.1, -0.05) is 30.3 Å². The van der Waals surface area contributed by atoms with Gasteiger partial charge in [-0.25, -0.2) is 8.78 Å². The van der Waals surface area contributed by atoms with Gasteiger partial charge in [0.1, 0.15) is 23.3 Å². The Labute approximate surface area is 218 Å². The predicted octanol–water partition coefficient (Wildman–Crippen LogP) is 6.10. The number of nitrogens with zero attached hydrogens (tertiary/aromatic N) is 2. The third-order valence-electron chi connectivity index (χ3n) is 6.05. The van der Waals surface area contributed by atoms with Gasteiger partial charge in [-0.2, -0.15) is 18.4 Å². The fourth-order valence-electron chi connectivity index (χ4n) is 3.99. The number of methoxy groups -OCH3 is 1. The lowest BCUT2D eigenvalue weighted by atomic mass is 10.0. The second-order valence-electron chi connectivity index (χ2n) is 8.53. The van der Waals surface area contributed by atoms with Crippen LogP contribution in [0.3, 0.4) is 0 Å². The lowest BCUT2D eigenvalue weighted by Gasteiger charge is -2.16. The Hall–Kier alpha value is -4.72. The maximum absolute atomic E-state index is 14.4. The lowest BCUT2D eigenvalue weighted by molar-refractivity contribution is -0.140. The van der Waals surface area contributed by atoms with E-state index in [1.54, 1.807) is 24.3 Å². The van der Waals surface area contributed by atoms with Crippen LogP contribution in [0, 0.1) is 23.0 Å². The monoisotopic (exact) mass is 542 g/mol. The van der Waals surface area contributed by atoms with Gasteiger partial charge in [0.2, 0.25) is 0 Å². The van der Waals surface area contributed by atoms with Crippen LogP contribution in [0.4, 0.5) is 22.0 Å². The number of alkyl halides is 3. The average Bonchev–Trinajstić information content (AvgIpc) is 3.39. The number of aryl methyl sites for hydroxylation is 1. The van der Waals surface area contributed by atoms with E-state index >= 15 is 0 Å². The molecule has 11 heteroatoms. The fourth-order valence-corrected chi connectivity index (χ4v) is 3.99. The summed E-state index contributed by atoms with van der Waals surface area (Å²) in [6.45, 7) is -0.585. The van der Waals surface area contributed by atoms with E-state index in [0.717, 1.165) is 22.3 Å². The highest BCUT2D eigenvalue weighted by Crippen LogP contribution is 2.35. The smallest absolute Gasteiger partial charge is 0.417 e. The Morgan fingerprint density at radius 2 is 1.77 bits per heavy atom. The minimum atomic E-state index is -5.03. The highest BCUT2D eigenvalue weighted by atomic mass is 19.4. The molecule has 0 atom stereocenters. The maximum atomic E-state index is 14.4. The molecule has 4 aromatic rings. The number of carbonyl (C=O) groups is 1. The second-order valence-corrected chi connectivity index (χ2v) is 8.53. The Kier molecular flexibility index (Phi) is 7.67. The number of rotatable bonds is 7. The topological polar surface area (TPSA) is 85.2 Å². The molecule has 0 fully saturated rings. The van der Waals surface area contributed by atoms with Gasteiger partial charge in [0.05, 0.1) is 31.2 Å². The number of pyridine rings is 1. The maximum Gasteiger partial charge on any atom is 0.417 e. The molecule has 0 unspecified atom stereocenters. The number of hydrogen-bond donors (Lipinski definition) is 0. The third-order valence-corrected chi connectivity index (χ3v) is 6.05. The van der Waals surface area contributed by atoms with Crippen molar-refractivity contribution in [1.29, 1.82) is 5.26 Å². The quantitative estimate of drug-likeness (QED) is 0.208. The molecular weight excluding hydrogens is 523 g/mol. The van der Waals surface area contributed by atoms with Crippen molar-refractivity contribution < 1.29 is 35.9 Å². The number of ether oxygens (including phenoxy) is 1. The molecule has 2 aromatic carbocycles. The van der Waals surface area contributed by atoms with Crippen LogP contribution in [0.1, 0.15) is 28.7 Å². The molecule has 0 saturated carbocycles. The van der Waals surface area contributed by atoms with E-state index in [0.29, 0.717) is 29.7 Å². The SMILES string of the molecule is COC(=O)CCc1ccc(-c2coc(-c3cc(C(F)(F)F)c(C#N)c(=O)n3Cc3ccc(F)cc3F)c2)cc1. The summed E-state index contributed by atoms with van der Waals surface area (Å²) in [4.78, 5) is 24.4. The molecule has 0 aliphatic rings. The predicted molar refractivity (Wildman–Crippen MR) is 129 cm³/mol. The van der Waals surface area contributed by atoms with E-state index in [-0.39, 0.29) is 29.4 Å². The van der Waals surface area contributed by atoms with Crippen molar-refractivity contribution in [3.05, 3.63) is 105 Å². The zero-order chi connectivity index (χ0) is 28.3. The highest BCUT2D eigenvalue weighted by Gasteiger charge is 2.37. The summed E-state index contributed by atoms with van der Waals surface area (Å²) in [6, 6.07) is 12.8. The molecule has 0 spiro atoms. The van der Waals surface area contributed by atoms with Gasteiger partial charge in [-0.05, 0) is 35.7 Å². The Morgan fingerprint density at radius 1 is 1.05 bits per heavy atom. The van der Waals surface area contributed by atoms with Crippen molar-refractivity contribution in [2.24, 2.45) is 0 Å². The van der Waals surface area contributed by atoms with Crippen LogP contribution >= 0.6 is 0 Å². The summed E-state index contributed by atoms with van der Waals surface area (Å²) in [5.74, 6) is -2.39. The zero-order valence-electron chi connectivity index (χ0n) is 20.3. The van der Waals surface area contributed by atoms with Crippen molar-refractivity contribution in [2.45, 2.75) is 25.6 Å². The van der Waals surface area contributed by atoms with Gasteiger partial charge in [-0.15, -0.1) is 0 Å².